The van der Waals surface area contributed by atoms with Gasteiger partial charge in [-0.1, -0.05) is 20.3 Å². The maximum atomic E-state index is 5.47. The Kier molecular flexibility index (Phi) is 5.65. The zero-order chi connectivity index (χ0) is 9.56. The van der Waals surface area contributed by atoms with Gasteiger partial charge in [0.05, 0.1) is 0 Å². The molecule has 0 fully saturated rings. The van der Waals surface area contributed by atoms with Gasteiger partial charge in [-0.25, -0.2) is 0 Å². The van der Waals surface area contributed by atoms with Crippen molar-refractivity contribution in [2.75, 3.05) is 11.5 Å². The van der Waals surface area contributed by atoms with Gasteiger partial charge in [0.25, 0.3) is 0 Å². The van der Waals surface area contributed by atoms with E-state index in [0.717, 1.165) is 4.35 Å². The molecule has 66 valence electrons. The molecular weight excluding hydrogens is 211 g/mol. The third kappa shape index (κ3) is 5.09. The Morgan fingerprint density at radius 1 is 1.08 bits per heavy atom. The molecule has 0 aliphatic rings. The average Bonchev–Trinajstić information content (AvgIpc) is 1.84. The summed E-state index contributed by atoms with van der Waals surface area (Å²) < 4.78 is 1.04. The minimum atomic E-state index is 0.714. The summed E-state index contributed by atoms with van der Waals surface area (Å²) in [7, 11) is 0. The number of nitrogens with two attached hydrogens (primary N) is 2. The molecule has 0 amide bonds. The summed E-state index contributed by atoms with van der Waals surface area (Å²) in [5.41, 5.74) is 12.4. The van der Waals surface area contributed by atoms with E-state index < -0.39 is 0 Å². The topological polar surface area (TPSA) is 52.0 Å². The molecule has 0 aromatic heterocycles. The molecular formula is C9H15AsN2. The fourth-order valence-electron chi connectivity index (χ4n) is 0.659. The van der Waals surface area contributed by atoms with Crippen LogP contribution in [0.5, 0.6) is 0 Å². The predicted molar refractivity (Wildman–Crippen MR) is 56.6 cm³/mol. The molecule has 0 aliphatic carbocycles. The third-order valence-corrected chi connectivity index (χ3v) is 1.50. The molecule has 0 aliphatic heterocycles. The van der Waals surface area contributed by atoms with Gasteiger partial charge in [-0.3, -0.25) is 0 Å². The zero-order valence-electron chi connectivity index (χ0n) is 7.54. The summed E-state index contributed by atoms with van der Waals surface area (Å²) in [6.07, 6.45) is 1.25. The first-order valence-electron chi connectivity index (χ1n) is 3.95. The Morgan fingerprint density at radius 3 is 1.67 bits per heavy atom. The molecule has 0 saturated carbocycles. The van der Waals surface area contributed by atoms with Crippen LogP contribution in [0, 0.1) is 0 Å². The molecule has 2 radical (unpaired) electrons. The van der Waals surface area contributed by atoms with Crippen LogP contribution in [0.1, 0.15) is 20.3 Å². The van der Waals surface area contributed by atoms with Crippen molar-refractivity contribution in [1.82, 2.24) is 0 Å². The normalized spacial score (nSPS) is 8.58. The molecule has 0 unspecified atom stereocenters. The minimum absolute atomic E-state index is 0.714. The number of rotatable bonds is 0. The van der Waals surface area contributed by atoms with Crippen molar-refractivity contribution in [3.8, 4) is 0 Å². The van der Waals surface area contributed by atoms with Crippen molar-refractivity contribution in [2.45, 2.75) is 20.3 Å². The number of nitrogen functional groups attached to an aromatic ring is 2. The van der Waals surface area contributed by atoms with Crippen LogP contribution in [-0.2, 0) is 0 Å². The second-order valence-corrected chi connectivity index (χ2v) is 3.65. The number of benzene rings is 1. The fourth-order valence-corrected chi connectivity index (χ4v) is 1.28. The van der Waals surface area contributed by atoms with Gasteiger partial charge >= 0.3 is 62.2 Å². The van der Waals surface area contributed by atoms with E-state index in [-0.39, 0.29) is 0 Å². The standard InChI is InChI=1S/C6H7AsN2.C3H8/c7-4-1-5(8)3-6(9)2-4;1-3-2/h1-3H,8-9H2;3H2,1-2H3. The number of hydrogen-bond acceptors (Lipinski definition) is 2. The summed E-state index contributed by atoms with van der Waals surface area (Å²) in [5.74, 6) is 0. The molecule has 1 aromatic rings. The first-order valence-corrected chi connectivity index (χ1v) is 4.89. The van der Waals surface area contributed by atoms with E-state index in [9.17, 15) is 0 Å². The van der Waals surface area contributed by atoms with Crippen LogP contribution in [0.4, 0.5) is 11.4 Å². The van der Waals surface area contributed by atoms with Gasteiger partial charge in [0, 0.05) is 0 Å². The second kappa shape index (κ2) is 5.96. The summed E-state index contributed by atoms with van der Waals surface area (Å²) in [6.45, 7) is 4.25. The van der Waals surface area contributed by atoms with E-state index in [2.05, 4.69) is 30.7 Å². The van der Waals surface area contributed by atoms with Crippen LogP contribution in [0.15, 0.2) is 18.2 Å². The van der Waals surface area contributed by atoms with Crippen molar-refractivity contribution >= 4 is 32.6 Å². The number of hydrogen-bond donors (Lipinski definition) is 2. The van der Waals surface area contributed by atoms with E-state index in [1.807, 2.05) is 12.1 Å². The molecule has 1 rings (SSSR count). The van der Waals surface area contributed by atoms with E-state index in [4.69, 9.17) is 11.5 Å². The van der Waals surface area contributed by atoms with Gasteiger partial charge in [-0.05, 0) is 0 Å². The van der Waals surface area contributed by atoms with E-state index >= 15 is 0 Å². The quantitative estimate of drug-likeness (QED) is 0.513. The zero-order valence-corrected chi connectivity index (χ0v) is 9.42. The van der Waals surface area contributed by atoms with Gasteiger partial charge in [-0.2, -0.15) is 0 Å². The Labute approximate surface area is 82.8 Å². The van der Waals surface area contributed by atoms with Gasteiger partial charge in [0.2, 0.25) is 0 Å². The maximum absolute atomic E-state index is 5.47. The molecule has 1 aromatic carbocycles. The Morgan fingerprint density at radius 2 is 1.42 bits per heavy atom. The molecule has 0 saturated heterocycles. The van der Waals surface area contributed by atoms with Crippen molar-refractivity contribution in [3.63, 3.8) is 0 Å². The summed E-state index contributed by atoms with van der Waals surface area (Å²) in [4.78, 5) is 0. The van der Waals surface area contributed by atoms with Gasteiger partial charge < -0.3 is 0 Å². The van der Waals surface area contributed by atoms with Gasteiger partial charge in [-0.15, -0.1) is 0 Å². The average molecular weight is 226 g/mol. The van der Waals surface area contributed by atoms with Crippen molar-refractivity contribution in [3.05, 3.63) is 18.2 Å². The van der Waals surface area contributed by atoms with E-state index in [1.54, 1.807) is 6.07 Å². The molecule has 4 N–H and O–H groups in total. The molecule has 0 bridgehead atoms. The summed E-state index contributed by atoms with van der Waals surface area (Å²) in [6, 6.07) is 5.45. The molecule has 12 heavy (non-hydrogen) atoms. The van der Waals surface area contributed by atoms with Crippen LogP contribution >= 0.6 is 0 Å². The summed E-state index contributed by atoms with van der Waals surface area (Å²) in [5, 5.41) is 0. The van der Waals surface area contributed by atoms with Crippen LogP contribution < -0.4 is 15.8 Å². The van der Waals surface area contributed by atoms with Crippen LogP contribution in [0.3, 0.4) is 0 Å². The van der Waals surface area contributed by atoms with Crippen LogP contribution in [0.25, 0.3) is 0 Å². The summed E-state index contributed by atoms with van der Waals surface area (Å²) >= 11 is 2.39. The van der Waals surface area contributed by atoms with Crippen molar-refractivity contribution < 1.29 is 0 Å². The van der Waals surface area contributed by atoms with Crippen molar-refractivity contribution in [2.24, 2.45) is 0 Å². The molecule has 3 heteroatoms. The Hall–Kier alpha value is -0.622. The van der Waals surface area contributed by atoms with Gasteiger partial charge in [0.15, 0.2) is 0 Å². The van der Waals surface area contributed by atoms with Crippen LogP contribution in [-0.4, -0.2) is 16.9 Å². The van der Waals surface area contributed by atoms with Gasteiger partial charge in [0.1, 0.15) is 0 Å². The first-order chi connectivity index (χ1) is 5.60. The fraction of sp³-hybridized carbons (Fsp3) is 0.333. The second-order valence-electron chi connectivity index (χ2n) is 2.56. The Bertz CT molecular complexity index is 185. The monoisotopic (exact) mass is 226 g/mol. The predicted octanol–water partition coefficient (Wildman–Crippen LogP) is 1.06. The van der Waals surface area contributed by atoms with Crippen LogP contribution in [0.2, 0.25) is 0 Å². The molecule has 0 spiro atoms. The van der Waals surface area contributed by atoms with Crippen molar-refractivity contribution in [1.29, 1.82) is 0 Å². The first kappa shape index (κ1) is 11.4. The molecule has 0 heterocycles. The molecule has 0 atom stereocenters. The Balaban J connectivity index is 0.000000354. The van der Waals surface area contributed by atoms with E-state index in [0.29, 0.717) is 11.4 Å². The number of anilines is 2. The SMILES string of the molecule is CCC.Nc1cc(N)cc([As])c1. The van der Waals surface area contributed by atoms with E-state index in [1.165, 1.54) is 6.42 Å². The third-order valence-electron chi connectivity index (χ3n) is 0.962. The molecule has 2 nitrogen and oxygen atoms in total.